The minimum atomic E-state index is -1.19. The third kappa shape index (κ3) is 4.42. The van der Waals surface area contributed by atoms with Crippen molar-refractivity contribution in [3.63, 3.8) is 0 Å². The van der Waals surface area contributed by atoms with Crippen molar-refractivity contribution in [3.05, 3.63) is 53.8 Å². The number of carbonyl (C=O) groups is 1. The average Bonchev–Trinajstić information content (AvgIpc) is 2.61. The summed E-state index contributed by atoms with van der Waals surface area (Å²) in [5.41, 5.74) is 0.670. The molecule has 0 bridgehead atoms. The Balaban J connectivity index is 2.31. The Labute approximate surface area is 139 Å². The molecule has 0 heterocycles. The van der Waals surface area contributed by atoms with Crippen LogP contribution >= 0.6 is 0 Å². The van der Waals surface area contributed by atoms with E-state index in [0.717, 1.165) is 0 Å². The summed E-state index contributed by atoms with van der Waals surface area (Å²) in [6.45, 7) is 0. The lowest BCUT2D eigenvalue weighted by molar-refractivity contribution is -0.134. The second kappa shape index (κ2) is 7.92. The van der Waals surface area contributed by atoms with E-state index in [9.17, 15) is 9.90 Å². The molecule has 24 heavy (non-hydrogen) atoms. The van der Waals surface area contributed by atoms with Gasteiger partial charge in [0.25, 0.3) is 0 Å². The molecule has 2 rings (SSSR count). The molecule has 2 aromatic rings. The van der Waals surface area contributed by atoms with Crippen molar-refractivity contribution >= 4 is 12.0 Å². The summed E-state index contributed by atoms with van der Waals surface area (Å²) in [6, 6.07) is 11.8. The summed E-state index contributed by atoms with van der Waals surface area (Å²) in [6.07, 6.45) is 1.42. The lowest BCUT2D eigenvalue weighted by Crippen LogP contribution is -2.07. The fraction of sp³-hybridized carbons (Fsp3) is 0.167. The molecule has 6 heteroatoms. The summed E-state index contributed by atoms with van der Waals surface area (Å²) in [4.78, 5) is 11.5. The van der Waals surface area contributed by atoms with Crippen LogP contribution in [0.25, 0.3) is 6.08 Å². The van der Waals surface area contributed by atoms with Gasteiger partial charge >= 0.3 is 5.97 Å². The fourth-order valence-electron chi connectivity index (χ4n) is 1.95. The number of benzene rings is 2. The second-order valence-corrected chi connectivity index (χ2v) is 4.74. The molecular weight excluding hydrogens is 312 g/mol. The van der Waals surface area contributed by atoms with Crippen molar-refractivity contribution in [2.24, 2.45) is 0 Å². The molecule has 0 unspecified atom stereocenters. The normalized spacial score (nSPS) is 10.9. The molecule has 0 atom stereocenters. The molecule has 6 nitrogen and oxygen atoms in total. The highest BCUT2D eigenvalue weighted by Crippen LogP contribution is 2.29. The first kappa shape index (κ1) is 17.2. The van der Waals surface area contributed by atoms with Crippen LogP contribution in [0.2, 0.25) is 0 Å². The van der Waals surface area contributed by atoms with E-state index in [1.54, 1.807) is 49.6 Å². The molecule has 0 spiro atoms. The Bertz CT molecular complexity index is 711. The first-order chi connectivity index (χ1) is 11.5. The second-order valence-electron chi connectivity index (χ2n) is 4.74. The number of aliphatic carboxylic acids is 1. The van der Waals surface area contributed by atoms with E-state index < -0.39 is 5.97 Å². The van der Waals surface area contributed by atoms with Crippen molar-refractivity contribution in [1.29, 1.82) is 0 Å². The SMILES string of the molecule is COc1ccc(C=C(Oc2cc(OC)cc(OC)c2)C(=O)O)cc1. The third-order valence-corrected chi connectivity index (χ3v) is 3.18. The van der Waals surface area contributed by atoms with Gasteiger partial charge in [-0.05, 0) is 23.8 Å². The molecule has 0 aromatic heterocycles. The van der Waals surface area contributed by atoms with E-state index in [1.165, 1.54) is 20.3 Å². The highest BCUT2D eigenvalue weighted by Gasteiger charge is 2.12. The van der Waals surface area contributed by atoms with Crippen LogP contribution in [0.4, 0.5) is 0 Å². The maximum atomic E-state index is 11.5. The smallest absolute Gasteiger partial charge is 0.371 e. The van der Waals surface area contributed by atoms with E-state index in [4.69, 9.17) is 18.9 Å². The minimum absolute atomic E-state index is 0.226. The Morgan fingerprint density at radius 1 is 0.833 bits per heavy atom. The minimum Gasteiger partial charge on any atom is -0.497 e. The molecule has 0 aliphatic carbocycles. The summed E-state index contributed by atoms with van der Waals surface area (Å²) >= 11 is 0. The lowest BCUT2D eigenvalue weighted by Gasteiger charge is -2.10. The van der Waals surface area contributed by atoms with Crippen molar-refractivity contribution in [2.75, 3.05) is 21.3 Å². The number of hydrogen-bond acceptors (Lipinski definition) is 5. The highest BCUT2D eigenvalue weighted by atomic mass is 16.5. The molecule has 0 amide bonds. The molecule has 0 fully saturated rings. The van der Waals surface area contributed by atoms with Crippen LogP contribution in [0, 0.1) is 0 Å². The van der Waals surface area contributed by atoms with Crippen molar-refractivity contribution in [1.82, 2.24) is 0 Å². The van der Waals surface area contributed by atoms with Crippen LogP contribution in [-0.2, 0) is 4.79 Å². The Morgan fingerprint density at radius 3 is 1.79 bits per heavy atom. The molecule has 126 valence electrons. The number of carboxylic acid groups (broad SMARTS) is 1. The van der Waals surface area contributed by atoms with E-state index >= 15 is 0 Å². The van der Waals surface area contributed by atoms with Gasteiger partial charge in [0.2, 0.25) is 5.76 Å². The lowest BCUT2D eigenvalue weighted by atomic mass is 10.2. The maximum Gasteiger partial charge on any atom is 0.371 e. The average molecular weight is 330 g/mol. The van der Waals surface area contributed by atoms with Crippen molar-refractivity contribution in [3.8, 4) is 23.0 Å². The summed E-state index contributed by atoms with van der Waals surface area (Å²) in [5, 5.41) is 9.37. The van der Waals surface area contributed by atoms with Gasteiger partial charge in [-0.15, -0.1) is 0 Å². The molecule has 0 aliphatic heterocycles. The van der Waals surface area contributed by atoms with Crippen LogP contribution in [0.3, 0.4) is 0 Å². The van der Waals surface area contributed by atoms with Crippen LogP contribution in [0.1, 0.15) is 5.56 Å². The molecule has 2 aromatic carbocycles. The number of hydrogen-bond donors (Lipinski definition) is 1. The number of methoxy groups -OCH3 is 3. The van der Waals surface area contributed by atoms with Gasteiger partial charge in [-0.2, -0.15) is 0 Å². The van der Waals surface area contributed by atoms with Crippen molar-refractivity contribution in [2.45, 2.75) is 0 Å². The van der Waals surface area contributed by atoms with E-state index in [0.29, 0.717) is 28.6 Å². The summed E-state index contributed by atoms with van der Waals surface area (Å²) < 4.78 is 20.8. The first-order valence-corrected chi connectivity index (χ1v) is 7.05. The van der Waals surface area contributed by atoms with Crippen LogP contribution in [-0.4, -0.2) is 32.4 Å². The number of rotatable bonds is 7. The zero-order valence-corrected chi connectivity index (χ0v) is 13.6. The van der Waals surface area contributed by atoms with Gasteiger partial charge in [0.05, 0.1) is 21.3 Å². The molecular formula is C18H18O6. The van der Waals surface area contributed by atoms with Crippen molar-refractivity contribution < 1.29 is 28.8 Å². The van der Waals surface area contributed by atoms with E-state index in [-0.39, 0.29) is 5.76 Å². The zero-order chi connectivity index (χ0) is 17.5. The third-order valence-electron chi connectivity index (χ3n) is 3.18. The molecule has 0 radical (unpaired) electrons. The quantitative estimate of drug-likeness (QED) is 0.621. The monoisotopic (exact) mass is 330 g/mol. The molecule has 0 saturated heterocycles. The Morgan fingerprint density at radius 2 is 1.33 bits per heavy atom. The Kier molecular flexibility index (Phi) is 5.68. The fourth-order valence-corrected chi connectivity index (χ4v) is 1.95. The maximum absolute atomic E-state index is 11.5. The van der Waals surface area contributed by atoms with E-state index in [2.05, 4.69) is 0 Å². The standard InChI is InChI=1S/C18H18O6/c1-21-13-6-4-12(5-7-13)8-17(18(19)20)24-16-10-14(22-2)9-15(11-16)23-3/h4-11H,1-3H3,(H,19,20). The summed E-state index contributed by atoms with van der Waals surface area (Å²) in [5.74, 6) is 0.566. The zero-order valence-electron chi connectivity index (χ0n) is 13.6. The van der Waals surface area contributed by atoms with Crippen LogP contribution in [0.5, 0.6) is 23.0 Å². The molecule has 0 saturated carbocycles. The van der Waals surface area contributed by atoms with E-state index in [1.807, 2.05) is 0 Å². The predicted molar refractivity (Wildman–Crippen MR) is 88.8 cm³/mol. The van der Waals surface area contributed by atoms with Gasteiger partial charge < -0.3 is 24.1 Å². The molecule has 0 aliphatic rings. The van der Waals surface area contributed by atoms with Gasteiger partial charge in [-0.3, -0.25) is 0 Å². The predicted octanol–water partition coefficient (Wildman–Crippen LogP) is 3.22. The van der Waals surface area contributed by atoms with Gasteiger partial charge in [0.15, 0.2) is 0 Å². The van der Waals surface area contributed by atoms with Gasteiger partial charge in [-0.1, -0.05) is 12.1 Å². The summed E-state index contributed by atoms with van der Waals surface area (Å²) in [7, 11) is 4.57. The van der Waals surface area contributed by atoms with Gasteiger partial charge in [-0.25, -0.2) is 4.79 Å². The van der Waals surface area contributed by atoms with Gasteiger partial charge in [0.1, 0.15) is 23.0 Å². The van der Waals surface area contributed by atoms with Gasteiger partial charge in [0, 0.05) is 18.2 Å². The largest absolute Gasteiger partial charge is 0.497 e. The number of carboxylic acids is 1. The van der Waals surface area contributed by atoms with Crippen LogP contribution in [0.15, 0.2) is 48.2 Å². The molecule has 1 N–H and O–H groups in total. The number of ether oxygens (including phenoxy) is 4. The van der Waals surface area contributed by atoms with Crippen LogP contribution < -0.4 is 18.9 Å². The Hall–Kier alpha value is -3.15. The first-order valence-electron chi connectivity index (χ1n) is 7.05. The topological polar surface area (TPSA) is 74.2 Å². The highest BCUT2D eigenvalue weighted by molar-refractivity contribution is 5.90.